The highest BCUT2D eigenvalue weighted by atomic mass is 127. The van der Waals surface area contributed by atoms with Gasteiger partial charge in [0.25, 0.3) is 0 Å². The number of halogens is 1. The number of morpholine rings is 1. The molecule has 2 N–H and O–H groups in total. The Morgan fingerprint density at radius 1 is 1.14 bits per heavy atom. The molecule has 0 bridgehead atoms. The number of guanidine groups is 1. The van der Waals surface area contributed by atoms with E-state index in [0.717, 1.165) is 82.8 Å². The number of hydrogen-bond donors (Lipinski definition) is 2. The van der Waals surface area contributed by atoms with E-state index in [1.165, 1.54) is 5.56 Å². The summed E-state index contributed by atoms with van der Waals surface area (Å²) >= 11 is 0. The molecule has 0 aliphatic carbocycles. The van der Waals surface area contributed by atoms with Gasteiger partial charge in [-0.25, -0.2) is 0 Å². The van der Waals surface area contributed by atoms with Gasteiger partial charge in [-0.15, -0.1) is 24.0 Å². The van der Waals surface area contributed by atoms with Gasteiger partial charge in [-0.3, -0.25) is 9.89 Å². The van der Waals surface area contributed by atoms with E-state index in [4.69, 9.17) is 14.2 Å². The monoisotopic (exact) mass is 506 g/mol. The SMILES string of the molecule is CCNC(=NCCCN1CCOCC1)NCCc1ccc(OC)c(OC)c1.I. The fraction of sp³-hybridized carbons (Fsp3) is 0.650. The predicted molar refractivity (Wildman–Crippen MR) is 125 cm³/mol. The van der Waals surface area contributed by atoms with Gasteiger partial charge in [-0.2, -0.15) is 0 Å². The average molecular weight is 506 g/mol. The summed E-state index contributed by atoms with van der Waals surface area (Å²) in [6.07, 6.45) is 1.95. The molecule has 1 fully saturated rings. The number of benzene rings is 1. The lowest BCUT2D eigenvalue weighted by molar-refractivity contribution is 0.0377. The van der Waals surface area contributed by atoms with E-state index in [-0.39, 0.29) is 24.0 Å². The quantitative estimate of drug-likeness (QED) is 0.220. The largest absolute Gasteiger partial charge is 0.493 e. The van der Waals surface area contributed by atoms with Crippen LogP contribution < -0.4 is 20.1 Å². The number of ether oxygens (including phenoxy) is 3. The molecule has 1 aromatic rings. The van der Waals surface area contributed by atoms with Crippen molar-refractivity contribution < 1.29 is 14.2 Å². The maximum Gasteiger partial charge on any atom is 0.191 e. The molecule has 1 heterocycles. The van der Waals surface area contributed by atoms with Crippen molar-refractivity contribution in [3.8, 4) is 11.5 Å². The van der Waals surface area contributed by atoms with Crippen LogP contribution in [0.4, 0.5) is 0 Å². The highest BCUT2D eigenvalue weighted by molar-refractivity contribution is 14.0. The zero-order valence-electron chi connectivity index (χ0n) is 17.3. The molecule has 1 aliphatic heterocycles. The van der Waals surface area contributed by atoms with Crippen LogP contribution in [-0.4, -0.2) is 77.6 Å². The van der Waals surface area contributed by atoms with Crippen LogP contribution in [0.3, 0.4) is 0 Å². The molecule has 0 atom stereocenters. The zero-order chi connectivity index (χ0) is 19.3. The summed E-state index contributed by atoms with van der Waals surface area (Å²) < 4.78 is 16.0. The van der Waals surface area contributed by atoms with E-state index in [0.29, 0.717) is 0 Å². The Kier molecular flexibility index (Phi) is 13.0. The van der Waals surface area contributed by atoms with Crippen LogP contribution in [0.15, 0.2) is 23.2 Å². The van der Waals surface area contributed by atoms with Gasteiger partial charge in [0, 0.05) is 39.3 Å². The summed E-state index contributed by atoms with van der Waals surface area (Å²) in [5.41, 5.74) is 1.20. The van der Waals surface area contributed by atoms with Crippen molar-refractivity contribution in [2.75, 3.05) is 66.7 Å². The summed E-state index contributed by atoms with van der Waals surface area (Å²) in [5.74, 6) is 2.39. The Labute approximate surface area is 186 Å². The second-order valence-corrected chi connectivity index (χ2v) is 6.43. The Morgan fingerprint density at radius 2 is 1.89 bits per heavy atom. The topological polar surface area (TPSA) is 67.4 Å². The third-order valence-electron chi connectivity index (χ3n) is 4.50. The Bertz CT molecular complexity index is 581. The Morgan fingerprint density at radius 3 is 2.57 bits per heavy atom. The molecular formula is C20H35IN4O3. The summed E-state index contributed by atoms with van der Waals surface area (Å²) in [6.45, 7) is 9.42. The van der Waals surface area contributed by atoms with Gasteiger partial charge in [0.1, 0.15) is 0 Å². The van der Waals surface area contributed by atoms with Crippen molar-refractivity contribution in [3.63, 3.8) is 0 Å². The number of nitrogens with one attached hydrogen (secondary N) is 2. The van der Waals surface area contributed by atoms with E-state index >= 15 is 0 Å². The van der Waals surface area contributed by atoms with E-state index in [1.54, 1.807) is 14.2 Å². The Balaban J connectivity index is 0.00000392. The van der Waals surface area contributed by atoms with Crippen molar-refractivity contribution >= 4 is 29.9 Å². The standard InChI is InChI=1S/C20H34N4O3.HI/c1-4-21-20(22-9-5-11-24-12-14-27-15-13-24)23-10-8-17-6-7-18(25-2)19(16-17)26-3;/h6-7,16H,4-5,8-15H2,1-3H3,(H2,21,22,23);1H. The summed E-state index contributed by atoms with van der Waals surface area (Å²) in [5, 5.41) is 6.72. The van der Waals surface area contributed by atoms with Crippen LogP contribution in [0, 0.1) is 0 Å². The third kappa shape index (κ3) is 8.83. The molecule has 0 spiro atoms. The van der Waals surface area contributed by atoms with E-state index in [9.17, 15) is 0 Å². The fourth-order valence-corrected chi connectivity index (χ4v) is 3.01. The lowest BCUT2D eigenvalue weighted by atomic mass is 10.1. The van der Waals surface area contributed by atoms with Crippen LogP contribution in [0.5, 0.6) is 11.5 Å². The van der Waals surface area contributed by atoms with E-state index in [1.807, 2.05) is 12.1 Å². The molecule has 28 heavy (non-hydrogen) atoms. The molecule has 1 aliphatic rings. The summed E-state index contributed by atoms with van der Waals surface area (Å²) in [6, 6.07) is 6.03. The van der Waals surface area contributed by atoms with Crippen molar-refractivity contribution in [2.24, 2.45) is 4.99 Å². The Hall–Kier alpha value is -1.26. The first-order valence-corrected chi connectivity index (χ1v) is 9.80. The van der Waals surface area contributed by atoms with Crippen molar-refractivity contribution in [3.05, 3.63) is 23.8 Å². The van der Waals surface area contributed by atoms with Crippen LogP contribution in [0.1, 0.15) is 18.9 Å². The van der Waals surface area contributed by atoms with E-state index in [2.05, 4.69) is 33.5 Å². The molecule has 0 amide bonds. The number of aliphatic imine (C=N–C) groups is 1. The van der Waals surface area contributed by atoms with Gasteiger partial charge < -0.3 is 24.8 Å². The van der Waals surface area contributed by atoms with Crippen LogP contribution in [-0.2, 0) is 11.2 Å². The molecule has 160 valence electrons. The zero-order valence-corrected chi connectivity index (χ0v) is 19.7. The molecule has 0 radical (unpaired) electrons. The molecule has 1 aromatic carbocycles. The first kappa shape index (κ1) is 24.8. The van der Waals surface area contributed by atoms with Gasteiger partial charge in [-0.05, 0) is 37.5 Å². The van der Waals surface area contributed by atoms with Crippen LogP contribution >= 0.6 is 24.0 Å². The van der Waals surface area contributed by atoms with Crippen LogP contribution in [0.25, 0.3) is 0 Å². The average Bonchev–Trinajstić information content (AvgIpc) is 2.71. The molecule has 2 rings (SSSR count). The van der Waals surface area contributed by atoms with Gasteiger partial charge in [0.05, 0.1) is 27.4 Å². The molecule has 8 heteroatoms. The van der Waals surface area contributed by atoms with Gasteiger partial charge >= 0.3 is 0 Å². The number of rotatable bonds is 10. The molecular weight excluding hydrogens is 471 g/mol. The minimum atomic E-state index is 0. The summed E-state index contributed by atoms with van der Waals surface area (Å²) in [4.78, 5) is 7.12. The smallest absolute Gasteiger partial charge is 0.191 e. The maximum absolute atomic E-state index is 5.38. The second-order valence-electron chi connectivity index (χ2n) is 6.43. The minimum Gasteiger partial charge on any atom is -0.493 e. The normalized spacial score (nSPS) is 14.9. The molecule has 0 saturated carbocycles. The number of nitrogens with zero attached hydrogens (tertiary/aromatic N) is 2. The highest BCUT2D eigenvalue weighted by Crippen LogP contribution is 2.27. The molecule has 0 aromatic heterocycles. The third-order valence-corrected chi connectivity index (χ3v) is 4.50. The molecule has 1 saturated heterocycles. The lowest BCUT2D eigenvalue weighted by Crippen LogP contribution is -2.39. The second kappa shape index (κ2) is 14.7. The minimum absolute atomic E-state index is 0. The first-order chi connectivity index (χ1) is 13.3. The predicted octanol–water partition coefficient (Wildman–Crippen LogP) is 2.14. The van der Waals surface area contributed by atoms with E-state index < -0.39 is 0 Å². The van der Waals surface area contributed by atoms with Gasteiger partial charge in [0.2, 0.25) is 0 Å². The molecule has 0 unspecified atom stereocenters. The molecule has 7 nitrogen and oxygen atoms in total. The summed E-state index contributed by atoms with van der Waals surface area (Å²) in [7, 11) is 3.31. The maximum atomic E-state index is 5.38. The van der Waals surface area contributed by atoms with Crippen LogP contribution in [0.2, 0.25) is 0 Å². The van der Waals surface area contributed by atoms with Gasteiger partial charge in [-0.1, -0.05) is 6.07 Å². The lowest BCUT2D eigenvalue weighted by Gasteiger charge is -2.26. The number of hydrogen-bond acceptors (Lipinski definition) is 5. The fourth-order valence-electron chi connectivity index (χ4n) is 3.01. The van der Waals surface area contributed by atoms with Crippen molar-refractivity contribution in [2.45, 2.75) is 19.8 Å². The first-order valence-electron chi connectivity index (χ1n) is 9.80. The van der Waals surface area contributed by atoms with Crippen molar-refractivity contribution in [1.29, 1.82) is 0 Å². The van der Waals surface area contributed by atoms with Gasteiger partial charge in [0.15, 0.2) is 17.5 Å². The number of methoxy groups -OCH3 is 2. The van der Waals surface area contributed by atoms with Crippen molar-refractivity contribution in [1.82, 2.24) is 15.5 Å². The highest BCUT2D eigenvalue weighted by Gasteiger charge is 2.09.